The summed E-state index contributed by atoms with van der Waals surface area (Å²) in [5, 5.41) is 13.7. The molecule has 0 heterocycles. The Morgan fingerprint density at radius 1 is 1.47 bits per heavy atom. The molecule has 0 radical (unpaired) electrons. The van der Waals surface area contributed by atoms with Gasteiger partial charge in [-0.05, 0) is 25.1 Å². The lowest BCUT2D eigenvalue weighted by Crippen LogP contribution is -2.13. The number of anilines is 1. The molecule has 1 amide bonds. The first kappa shape index (κ1) is 12.9. The van der Waals surface area contributed by atoms with Gasteiger partial charge in [0.05, 0.1) is 4.92 Å². The summed E-state index contributed by atoms with van der Waals surface area (Å²) in [6.07, 6.45) is 0.703. The van der Waals surface area contributed by atoms with Crippen LogP contribution in [0.25, 0.3) is 0 Å². The van der Waals surface area contributed by atoms with Crippen molar-refractivity contribution in [1.29, 1.82) is 0 Å². The minimum atomic E-state index is -0.693. The van der Waals surface area contributed by atoms with Gasteiger partial charge in [-0.2, -0.15) is 0 Å². The zero-order valence-corrected chi connectivity index (χ0v) is 9.18. The number of rotatable bonds is 6. The molecule has 0 saturated heterocycles. The molecule has 0 bridgehead atoms. The monoisotopic (exact) mass is 238 g/mol. The van der Waals surface area contributed by atoms with E-state index < -0.39 is 10.8 Å². The maximum Gasteiger partial charge on any atom is 0.293 e. The number of benzene rings is 1. The van der Waals surface area contributed by atoms with Crippen LogP contribution in [0.3, 0.4) is 0 Å². The molecule has 0 atom stereocenters. The average molecular weight is 238 g/mol. The van der Waals surface area contributed by atoms with E-state index in [-0.39, 0.29) is 11.3 Å². The summed E-state index contributed by atoms with van der Waals surface area (Å²) in [5.41, 5.74) is 10.7. The number of carbonyl (C=O) groups excluding carboxylic acids is 1. The number of nitrogens with two attached hydrogens (primary N) is 2. The lowest BCUT2D eigenvalue weighted by molar-refractivity contribution is -0.384. The summed E-state index contributed by atoms with van der Waals surface area (Å²) >= 11 is 0. The van der Waals surface area contributed by atoms with Crippen LogP contribution in [-0.2, 0) is 0 Å². The molecule has 1 aromatic rings. The zero-order chi connectivity index (χ0) is 12.8. The minimum Gasteiger partial charge on any atom is -0.379 e. The fourth-order valence-electron chi connectivity index (χ4n) is 1.31. The highest BCUT2D eigenvalue weighted by molar-refractivity contribution is 5.94. The topological polar surface area (TPSA) is 124 Å². The average Bonchev–Trinajstić information content (AvgIpc) is 2.29. The summed E-state index contributed by atoms with van der Waals surface area (Å²) in [4.78, 5) is 21.2. The molecule has 7 nitrogen and oxygen atoms in total. The Hall–Kier alpha value is -2.15. The molecule has 92 valence electrons. The Morgan fingerprint density at radius 2 is 2.18 bits per heavy atom. The number of carbonyl (C=O) groups is 1. The third-order valence-electron chi connectivity index (χ3n) is 2.18. The predicted molar refractivity (Wildman–Crippen MR) is 63.8 cm³/mol. The highest BCUT2D eigenvalue weighted by Crippen LogP contribution is 2.25. The van der Waals surface area contributed by atoms with Gasteiger partial charge in [-0.25, -0.2) is 0 Å². The third kappa shape index (κ3) is 3.42. The molecule has 7 heteroatoms. The standard InChI is InChI=1S/C10H14N4O3/c11-4-1-5-13-8-3-2-7(10(12)15)6-9(8)14(16)17/h2-3,6,13H,1,4-5,11H2,(H2,12,15). The Balaban J connectivity index is 2.96. The number of hydrogen-bond acceptors (Lipinski definition) is 5. The van der Waals surface area contributed by atoms with E-state index in [4.69, 9.17) is 11.5 Å². The number of primary amides is 1. The minimum absolute atomic E-state index is 0.112. The van der Waals surface area contributed by atoms with Crippen LogP contribution in [0.1, 0.15) is 16.8 Å². The van der Waals surface area contributed by atoms with E-state index in [9.17, 15) is 14.9 Å². The quantitative estimate of drug-likeness (QED) is 0.377. The number of hydrogen-bond donors (Lipinski definition) is 3. The molecule has 0 fully saturated rings. The van der Waals surface area contributed by atoms with Crippen molar-refractivity contribution in [2.75, 3.05) is 18.4 Å². The van der Waals surface area contributed by atoms with Crippen LogP contribution < -0.4 is 16.8 Å². The van der Waals surface area contributed by atoms with E-state index in [1.54, 1.807) is 0 Å². The van der Waals surface area contributed by atoms with Crippen molar-refractivity contribution < 1.29 is 9.72 Å². The van der Waals surface area contributed by atoms with Gasteiger partial charge in [0.1, 0.15) is 5.69 Å². The molecular formula is C10H14N4O3. The Labute approximate surface area is 97.9 Å². The van der Waals surface area contributed by atoms with Crippen molar-refractivity contribution in [3.8, 4) is 0 Å². The molecule has 0 aliphatic carbocycles. The lowest BCUT2D eigenvalue weighted by Gasteiger charge is -2.06. The molecule has 0 aliphatic heterocycles. The van der Waals surface area contributed by atoms with Crippen LogP contribution in [0, 0.1) is 10.1 Å². The van der Waals surface area contributed by atoms with Gasteiger partial charge in [0, 0.05) is 18.2 Å². The molecule has 5 N–H and O–H groups in total. The van der Waals surface area contributed by atoms with E-state index in [1.807, 2.05) is 0 Å². The van der Waals surface area contributed by atoms with Gasteiger partial charge in [-0.3, -0.25) is 14.9 Å². The van der Waals surface area contributed by atoms with Crippen molar-refractivity contribution in [2.45, 2.75) is 6.42 Å². The van der Waals surface area contributed by atoms with Gasteiger partial charge in [-0.15, -0.1) is 0 Å². The normalized spacial score (nSPS) is 9.94. The molecular weight excluding hydrogens is 224 g/mol. The SMILES string of the molecule is NCCCNc1ccc(C(N)=O)cc1[N+](=O)[O-]. The van der Waals surface area contributed by atoms with Gasteiger partial charge in [0.25, 0.3) is 5.69 Å². The molecule has 1 aromatic carbocycles. The van der Waals surface area contributed by atoms with Gasteiger partial charge < -0.3 is 16.8 Å². The van der Waals surface area contributed by atoms with Crippen LogP contribution in [-0.4, -0.2) is 23.9 Å². The summed E-state index contributed by atoms with van der Waals surface area (Å²) in [6, 6.07) is 4.07. The fraction of sp³-hybridized carbons (Fsp3) is 0.300. The smallest absolute Gasteiger partial charge is 0.293 e. The Morgan fingerprint density at radius 3 is 2.71 bits per heavy atom. The number of nitro groups is 1. The fourth-order valence-corrected chi connectivity index (χ4v) is 1.31. The van der Waals surface area contributed by atoms with E-state index in [2.05, 4.69) is 5.32 Å². The van der Waals surface area contributed by atoms with Gasteiger partial charge in [-0.1, -0.05) is 0 Å². The molecule has 0 unspecified atom stereocenters. The third-order valence-corrected chi connectivity index (χ3v) is 2.18. The van der Waals surface area contributed by atoms with Crippen molar-refractivity contribution in [2.24, 2.45) is 11.5 Å². The summed E-state index contributed by atoms with van der Waals surface area (Å²) in [7, 11) is 0. The largest absolute Gasteiger partial charge is 0.379 e. The van der Waals surface area contributed by atoms with E-state index in [1.165, 1.54) is 12.1 Å². The molecule has 17 heavy (non-hydrogen) atoms. The zero-order valence-electron chi connectivity index (χ0n) is 9.18. The molecule has 1 rings (SSSR count). The van der Waals surface area contributed by atoms with Crippen LogP contribution >= 0.6 is 0 Å². The Kier molecular flexibility index (Phi) is 4.41. The van der Waals surface area contributed by atoms with Crippen molar-refractivity contribution >= 4 is 17.3 Å². The first-order valence-corrected chi connectivity index (χ1v) is 5.08. The lowest BCUT2D eigenvalue weighted by atomic mass is 10.1. The number of nitrogens with zero attached hydrogens (tertiary/aromatic N) is 1. The molecule has 0 saturated carbocycles. The molecule has 0 aromatic heterocycles. The molecule has 0 aliphatic rings. The summed E-state index contributed by atoms with van der Waals surface area (Å²) in [5.74, 6) is -0.693. The number of nitrogens with one attached hydrogen (secondary N) is 1. The van der Waals surface area contributed by atoms with Crippen LogP contribution in [0.5, 0.6) is 0 Å². The van der Waals surface area contributed by atoms with Crippen LogP contribution in [0.4, 0.5) is 11.4 Å². The highest BCUT2D eigenvalue weighted by atomic mass is 16.6. The second kappa shape index (κ2) is 5.80. The van der Waals surface area contributed by atoms with Gasteiger partial charge in [0.2, 0.25) is 5.91 Å². The van der Waals surface area contributed by atoms with Gasteiger partial charge in [0.15, 0.2) is 0 Å². The summed E-state index contributed by atoms with van der Waals surface area (Å²) in [6.45, 7) is 1.04. The second-order valence-electron chi connectivity index (χ2n) is 3.42. The van der Waals surface area contributed by atoms with Crippen LogP contribution in [0.2, 0.25) is 0 Å². The van der Waals surface area contributed by atoms with Crippen LogP contribution in [0.15, 0.2) is 18.2 Å². The summed E-state index contributed by atoms with van der Waals surface area (Å²) < 4.78 is 0. The predicted octanol–water partition coefficient (Wildman–Crippen LogP) is 0.454. The second-order valence-corrected chi connectivity index (χ2v) is 3.42. The highest BCUT2D eigenvalue weighted by Gasteiger charge is 2.15. The van der Waals surface area contributed by atoms with E-state index in [0.29, 0.717) is 25.2 Å². The number of amides is 1. The first-order chi connectivity index (χ1) is 8.06. The maximum atomic E-state index is 10.9. The van der Waals surface area contributed by atoms with Crippen molar-refractivity contribution in [3.63, 3.8) is 0 Å². The maximum absolute atomic E-state index is 10.9. The Bertz CT molecular complexity index is 434. The first-order valence-electron chi connectivity index (χ1n) is 5.08. The van der Waals surface area contributed by atoms with Crippen molar-refractivity contribution in [1.82, 2.24) is 0 Å². The molecule has 0 spiro atoms. The van der Waals surface area contributed by atoms with Gasteiger partial charge >= 0.3 is 0 Å². The van der Waals surface area contributed by atoms with Crippen molar-refractivity contribution in [3.05, 3.63) is 33.9 Å². The van der Waals surface area contributed by atoms with E-state index >= 15 is 0 Å². The van der Waals surface area contributed by atoms with E-state index in [0.717, 1.165) is 6.07 Å². The number of nitro benzene ring substituents is 1.